The van der Waals surface area contributed by atoms with E-state index in [0.29, 0.717) is 17.5 Å². The Bertz CT molecular complexity index is 1150. The van der Waals surface area contributed by atoms with Crippen molar-refractivity contribution in [2.45, 2.75) is 24.9 Å². The summed E-state index contributed by atoms with van der Waals surface area (Å²) in [4.78, 5) is 39.9. The molecule has 33 heavy (non-hydrogen) atoms. The van der Waals surface area contributed by atoms with Crippen LogP contribution in [0.25, 0.3) is 0 Å². The molecule has 2 atom stereocenters. The molecule has 0 aromatic heterocycles. The van der Waals surface area contributed by atoms with Gasteiger partial charge in [-0.05, 0) is 35.2 Å². The summed E-state index contributed by atoms with van der Waals surface area (Å²) in [5, 5.41) is 5.66. The van der Waals surface area contributed by atoms with E-state index in [0.717, 1.165) is 10.5 Å². The number of hydrogen-bond donors (Lipinski definition) is 2. The normalized spacial score (nSPS) is 18.7. The molecular weight excluding hydrogens is 421 g/mol. The smallest absolute Gasteiger partial charge is 0.325 e. The Morgan fingerprint density at radius 2 is 1.52 bits per heavy atom. The van der Waals surface area contributed by atoms with E-state index in [-0.39, 0.29) is 5.82 Å². The van der Waals surface area contributed by atoms with E-state index in [1.54, 1.807) is 36.4 Å². The van der Waals surface area contributed by atoms with Crippen molar-refractivity contribution in [3.63, 3.8) is 0 Å². The van der Waals surface area contributed by atoms with Crippen molar-refractivity contribution in [1.82, 2.24) is 15.5 Å². The van der Waals surface area contributed by atoms with Gasteiger partial charge in [-0.25, -0.2) is 9.18 Å². The predicted molar refractivity (Wildman–Crippen MR) is 121 cm³/mol. The number of hydrogen-bond acceptors (Lipinski definition) is 3. The third-order valence-electron chi connectivity index (χ3n) is 5.92. The highest BCUT2D eigenvalue weighted by Crippen LogP contribution is 2.32. The van der Waals surface area contributed by atoms with Crippen LogP contribution in [0, 0.1) is 5.82 Å². The lowest BCUT2D eigenvalue weighted by Gasteiger charge is -2.26. The van der Waals surface area contributed by atoms with E-state index in [2.05, 4.69) is 10.6 Å². The van der Waals surface area contributed by atoms with Gasteiger partial charge in [0, 0.05) is 0 Å². The van der Waals surface area contributed by atoms with Gasteiger partial charge in [-0.1, -0.05) is 79.7 Å². The number of nitrogens with zero attached hydrogens (tertiary/aromatic N) is 1. The van der Waals surface area contributed by atoms with Crippen LogP contribution in [0.4, 0.5) is 9.18 Å². The van der Waals surface area contributed by atoms with Crippen LogP contribution in [0.2, 0.25) is 0 Å². The Hall–Kier alpha value is -4.00. The molecule has 1 aliphatic rings. The molecule has 1 heterocycles. The highest BCUT2D eigenvalue weighted by atomic mass is 19.1. The molecule has 6 nitrogen and oxygen atoms in total. The molecule has 168 valence electrons. The largest absolute Gasteiger partial charge is 0.344 e. The number of rotatable bonds is 7. The van der Waals surface area contributed by atoms with Crippen LogP contribution >= 0.6 is 0 Å². The van der Waals surface area contributed by atoms with Crippen LogP contribution in [0.15, 0.2) is 84.9 Å². The zero-order chi connectivity index (χ0) is 23.4. The molecule has 0 spiro atoms. The van der Waals surface area contributed by atoms with Gasteiger partial charge in [0.15, 0.2) is 0 Å². The molecule has 1 aliphatic heterocycles. The van der Waals surface area contributed by atoms with Gasteiger partial charge in [0.1, 0.15) is 17.9 Å². The van der Waals surface area contributed by atoms with Crippen molar-refractivity contribution < 1.29 is 18.8 Å². The monoisotopic (exact) mass is 445 g/mol. The first-order chi connectivity index (χ1) is 15.9. The zero-order valence-electron chi connectivity index (χ0n) is 18.1. The minimum atomic E-state index is -1.20. The average molecular weight is 445 g/mol. The number of nitrogens with one attached hydrogen (secondary N) is 2. The van der Waals surface area contributed by atoms with Crippen LogP contribution in [0.1, 0.15) is 36.1 Å². The quantitative estimate of drug-likeness (QED) is 0.542. The molecule has 7 heteroatoms. The molecule has 0 aliphatic carbocycles. The summed E-state index contributed by atoms with van der Waals surface area (Å²) in [5.41, 5.74) is 0.943. The Balaban J connectivity index is 1.56. The summed E-state index contributed by atoms with van der Waals surface area (Å²) in [6.45, 7) is 1.39. The first-order valence-corrected chi connectivity index (χ1v) is 10.7. The molecule has 2 N–H and O–H groups in total. The van der Waals surface area contributed by atoms with E-state index in [1.807, 2.05) is 43.3 Å². The van der Waals surface area contributed by atoms with Crippen molar-refractivity contribution in [2.75, 3.05) is 6.54 Å². The molecule has 2 unspecified atom stereocenters. The fourth-order valence-corrected chi connectivity index (χ4v) is 4.14. The van der Waals surface area contributed by atoms with Crippen molar-refractivity contribution in [2.24, 2.45) is 0 Å². The second-order valence-corrected chi connectivity index (χ2v) is 7.91. The van der Waals surface area contributed by atoms with Crippen LogP contribution in [-0.2, 0) is 15.1 Å². The second kappa shape index (κ2) is 9.24. The standard InChI is InChI=1S/C26H24FN3O3/c1-2-26(20-11-7-4-8-12-20)24(32)30(25(33)29-26)17-22(31)28-23(18-9-5-3-6-10-18)19-13-15-21(27)16-14-19/h3-16,23H,2,17H2,1H3,(H,28,31)(H,29,33). The van der Waals surface area contributed by atoms with E-state index in [9.17, 15) is 18.8 Å². The minimum Gasteiger partial charge on any atom is -0.344 e. The molecule has 0 bridgehead atoms. The van der Waals surface area contributed by atoms with E-state index in [4.69, 9.17) is 0 Å². The number of halogens is 1. The van der Waals surface area contributed by atoms with Crippen LogP contribution < -0.4 is 10.6 Å². The molecule has 3 aromatic rings. The molecule has 1 saturated heterocycles. The second-order valence-electron chi connectivity index (χ2n) is 7.91. The predicted octanol–water partition coefficient (Wildman–Crippen LogP) is 3.89. The third-order valence-corrected chi connectivity index (χ3v) is 5.92. The fourth-order valence-electron chi connectivity index (χ4n) is 4.14. The topological polar surface area (TPSA) is 78.5 Å². The summed E-state index contributed by atoms with van der Waals surface area (Å²) >= 11 is 0. The zero-order valence-corrected chi connectivity index (χ0v) is 18.1. The first kappa shape index (κ1) is 22.2. The van der Waals surface area contributed by atoms with Gasteiger partial charge in [-0.15, -0.1) is 0 Å². The summed E-state index contributed by atoms with van der Waals surface area (Å²) in [7, 11) is 0. The van der Waals surface area contributed by atoms with Gasteiger partial charge < -0.3 is 10.6 Å². The van der Waals surface area contributed by atoms with Gasteiger partial charge >= 0.3 is 6.03 Å². The highest BCUT2D eigenvalue weighted by molar-refractivity contribution is 6.09. The lowest BCUT2D eigenvalue weighted by molar-refractivity contribution is -0.135. The molecular formula is C26H24FN3O3. The van der Waals surface area contributed by atoms with Gasteiger partial charge in [-0.2, -0.15) is 0 Å². The number of imide groups is 1. The number of benzene rings is 3. The SMILES string of the molecule is CCC1(c2ccccc2)NC(=O)N(CC(=O)NC(c2ccccc2)c2ccc(F)cc2)C1=O. The number of carbonyl (C=O) groups is 3. The van der Waals surface area contributed by atoms with Crippen molar-refractivity contribution >= 4 is 17.8 Å². The Labute approximate surface area is 191 Å². The van der Waals surface area contributed by atoms with E-state index >= 15 is 0 Å². The van der Waals surface area contributed by atoms with Gasteiger partial charge in [0.25, 0.3) is 5.91 Å². The van der Waals surface area contributed by atoms with Crippen LogP contribution in [-0.4, -0.2) is 29.3 Å². The van der Waals surface area contributed by atoms with Gasteiger partial charge in [0.05, 0.1) is 6.04 Å². The summed E-state index contributed by atoms with van der Waals surface area (Å²) in [6, 6.07) is 22.9. The molecule has 3 aromatic carbocycles. The molecule has 1 fully saturated rings. The third kappa shape index (κ3) is 4.35. The molecule has 0 saturated carbocycles. The maximum absolute atomic E-state index is 13.4. The number of amides is 4. The molecule has 4 rings (SSSR count). The fraction of sp³-hybridized carbons (Fsp3) is 0.192. The Kier molecular flexibility index (Phi) is 6.22. The van der Waals surface area contributed by atoms with Crippen molar-refractivity contribution in [1.29, 1.82) is 0 Å². The van der Waals surface area contributed by atoms with Gasteiger partial charge in [-0.3, -0.25) is 14.5 Å². The molecule has 0 radical (unpaired) electrons. The number of carbonyl (C=O) groups excluding carboxylic acids is 3. The maximum atomic E-state index is 13.4. The summed E-state index contributed by atoms with van der Waals surface area (Å²) in [6.07, 6.45) is 0.349. The van der Waals surface area contributed by atoms with Crippen LogP contribution in [0.3, 0.4) is 0 Å². The molecule has 4 amide bonds. The lowest BCUT2D eigenvalue weighted by Crippen LogP contribution is -2.45. The highest BCUT2D eigenvalue weighted by Gasteiger charge is 2.51. The number of urea groups is 1. The van der Waals surface area contributed by atoms with E-state index in [1.165, 1.54) is 12.1 Å². The van der Waals surface area contributed by atoms with E-state index < -0.39 is 36.0 Å². The van der Waals surface area contributed by atoms with Gasteiger partial charge in [0.2, 0.25) is 5.91 Å². The Morgan fingerprint density at radius 3 is 2.12 bits per heavy atom. The van der Waals surface area contributed by atoms with Crippen LogP contribution in [0.5, 0.6) is 0 Å². The van der Waals surface area contributed by atoms with Crippen molar-refractivity contribution in [3.05, 3.63) is 107 Å². The average Bonchev–Trinajstić information content (AvgIpc) is 3.09. The van der Waals surface area contributed by atoms with Crippen molar-refractivity contribution in [3.8, 4) is 0 Å². The maximum Gasteiger partial charge on any atom is 0.325 e. The minimum absolute atomic E-state index is 0.349. The summed E-state index contributed by atoms with van der Waals surface area (Å²) < 4.78 is 13.4. The Morgan fingerprint density at radius 1 is 0.939 bits per heavy atom. The first-order valence-electron chi connectivity index (χ1n) is 10.7. The lowest BCUT2D eigenvalue weighted by atomic mass is 9.87. The summed E-state index contributed by atoms with van der Waals surface area (Å²) in [5.74, 6) is -1.35.